The maximum absolute atomic E-state index is 6.85. The van der Waals surface area contributed by atoms with Crippen molar-refractivity contribution in [1.29, 1.82) is 0 Å². The molecule has 4 heteroatoms. The van der Waals surface area contributed by atoms with E-state index in [9.17, 15) is 0 Å². The zero-order valence-corrected chi connectivity index (χ0v) is 23.6. The molecule has 6 rings (SSSR count). The third-order valence-electron chi connectivity index (χ3n) is 8.37. The molecule has 206 valence electrons. The van der Waals surface area contributed by atoms with Gasteiger partial charge in [0.05, 0.1) is 32.0 Å². The lowest BCUT2D eigenvalue weighted by Crippen LogP contribution is -2.60. The van der Waals surface area contributed by atoms with Gasteiger partial charge in [-0.25, -0.2) is 0 Å². The fourth-order valence-corrected chi connectivity index (χ4v) is 5.90. The summed E-state index contributed by atoms with van der Waals surface area (Å²) in [6.07, 6.45) is 0.0981. The van der Waals surface area contributed by atoms with Gasteiger partial charge in [-0.05, 0) is 54.2 Å². The molecule has 1 fully saturated rings. The molecular weight excluding hydrogens is 496 g/mol. The van der Waals surface area contributed by atoms with Crippen molar-refractivity contribution in [2.75, 3.05) is 0 Å². The molecule has 4 aromatic rings. The van der Waals surface area contributed by atoms with Gasteiger partial charge in [-0.3, -0.25) is 0 Å². The highest BCUT2D eigenvalue weighted by molar-refractivity contribution is 5.41. The molecule has 0 N–H and O–H groups in total. The minimum Gasteiger partial charge on any atom is -0.370 e. The molecule has 0 amide bonds. The monoisotopic (exact) mass is 534 g/mol. The normalized spacial score (nSPS) is 25.7. The van der Waals surface area contributed by atoms with Gasteiger partial charge in [0.25, 0.3) is 0 Å². The first kappa shape index (κ1) is 26.9. The Bertz CT molecular complexity index is 1400. The fourth-order valence-electron chi connectivity index (χ4n) is 5.90. The van der Waals surface area contributed by atoms with Crippen molar-refractivity contribution in [3.05, 3.63) is 142 Å². The summed E-state index contributed by atoms with van der Waals surface area (Å²) in [5.74, 6) is -0.931. The van der Waals surface area contributed by atoms with E-state index in [4.69, 9.17) is 18.9 Å². The molecule has 4 nitrogen and oxygen atoms in total. The minimum atomic E-state index is -1.04. The first-order valence-corrected chi connectivity index (χ1v) is 14.3. The van der Waals surface area contributed by atoms with Crippen molar-refractivity contribution in [3.8, 4) is 0 Å². The topological polar surface area (TPSA) is 36.9 Å². The first-order valence-electron chi connectivity index (χ1n) is 14.3. The van der Waals surface area contributed by atoms with Crippen molar-refractivity contribution in [3.63, 3.8) is 0 Å². The smallest absolute Gasteiger partial charge is 0.225 e. The third kappa shape index (κ3) is 5.50. The highest BCUT2D eigenvalue weighted by Crippen LogP contribution is 2.49. The molecule has 2 aliphatic rings. The second kappa shape index (κ2) is 11.7. The molecule has 0 unspecified atom stereocenters. The van der Waals surface area contributed by atoms with Gasteiger partial charge in [-0.2, -0.15) is 0 Å². The van der Waals surface area contributed by atoms with Crippen LogP contribution in [0.3, 0.4) is 0 Å². The Labute approximate surface area is 237 Å². The third-order valence-corrected chi connectivity index (χ3v) is 8.37. The Hall–Kier alpha value is -3.28. The van der Waals surface area contributed by atoms with E-state index in [1.165, 1.54) is 16.7 Å². The van der Waals surface area contributed by atoms with Crippen LogP contribution in [-0.2, 0) is 51.0 Å². The van der Waals surface area contributed by atoms with Crippen LogP contribution in [0.25, 0.3) is 0 Å². The van der Waals surface area contributed by atoms with Crippen LogP contribution < -0.4 is 0 Å². The highest BCUT2D eigenvalue weighted by atomic mass is 16.7. The molecule has 0 saturated carbocycles. The summed E-state index contributed by atoms with van der Waals surface area (Å²) < 4.78 is 27.0. The van der Waals surface area contributed by atoms with E-state index in [1.807, 2.05) is 36.4 Å². The Balaban J connectivity index is 1.35. The number of benzene rings is 4. The minimum absolute atomic E-state index is 0.0796. The van der Waals surface area contributed by atoms with Crippen LogP contribution >= 0.6 is 0 Å². The molecule has 4 aromatic carbocycles. The lowest BCUT2D eigenvalue weighted by atomic mass is 9.82. The molecule has 0 bridgehead atoms. The van der Waals surface area contributed by atoms with Gasteiger partial charge in [-0.1, -0.05) is 110 Å². The Morgan fingerprint density at radius 3 is 2.02 bits per heavy atom. The first-order chi connectivity index (χ1) is 19.5. The van der Waals surface area contributed by atoms with E-state index in [2.05, 4.69) is 87.5 Å². The van der Waals surface area contributed by atoms with Crippen molar-refractivity contribution in [2.45, 2.75) is 71.1 Å². The van der Waals surface area contributed by atoms with Crippen LogP contribution in [0, 0.1) is 12.8 Å². The summed E-state index contributed by atoms with van der Waals surface area (Å²) in [6.45, 7) is 7.87. The number of ether oxygens (including phenoxy) is 4. The highest BCUT2D eigenvalue weighted by Gasteiger charge is 2.58. The zero-order valence-electron chi connectivity index (χ0n) is 23.6. The van der Waals surface area contributed by atoms with Gasteiger partial charge in [0.1, 0.15) is 6.10 Å². The van der Waals surface area contributed by atoms with E-state index >= 15 is 0 Å². The Morgan fingerprint density at radius 1 is 0.725 bits per heavy atom. The number of fused-ring (bicyclic) bond motifs is 2. The fraction of sp³-hybridized carbons (Fsp3) is 0.333. The maximum atomic E-state index is 6.85. The molecular formula is C36H38O4. The predicted molar refractivity (Wildman–Crippen MR) is 157 cm³/mol. The summed E-state index contributed by atoms with van der Waals surface area (Å²) in [6, 6.07) is 36.0. The molecule has 1 saturated heterocycles. The van der Waals surface area contributed by atoms with Gasteiger partial charge >= 0.3 is 0 Å². The number of aryl methyl sites for hydroxylation is 1. The van der Waals surface area contributed by atoms with E-state index in [1.54, 1.807) is 0 Å². The molecule has 2 aliphatic heterocycles. The molecule has 5 atom stereocenters. The molecule has 1 spiro atoms. The van der Waals surface area contributed by atoms with Crippen LogP contribution in [0.1, 0.15) is 52.8 Å². The second-order valence-electron chi connectivity index (χ2n) is 11.3. The Kier molecular flexibility index (Phi) is 7.86. The van der Waals surface area contributed by atoms with Crippen LogP contribution in [0.5, 0.6) is 0 Å². The van der Waals surface area contributed by atoms with Crippen LogP contribution in [0.15, 0.2) is 103 Å². The molecule has 0 aliphatic carbocycles. The average Bonchev–Trinajstić information content (AvgIpc) is 3.33. The zero-order chi connectivity index (χ0) is 27.5. The predicted octanol–water partition coefficient (Wildman–Crippen LogP) is 7.49. The van der Waals surface area contributed by atoms with Gasteiger partial charge in [-0.15, -0.1) is 0 Å². The standard InChI is InChI=1S/C36H38O4/c1-25-14-16-28(17-15-25)20-31-18-19-32-24-39-36(33(32)21-31)35(38-23-30-12-8-5-9-13-30)34(26(2)27(3)40-36)37-22-29-10-6-4-7-11-29/h4-19,21,26-27,34-35H,20,22-24H2,1-3H3/t26-,27-,34+,35-,36+/m1/s1. The van der Waals surface area contributed by atoms with Gasteiger partial charge in [0.2, 0.25) is 5.79 Å². The summed E-state index contributed by atoms with van der Waals surface area (Å²) >= 11 is 0. The van der Waals surface area contributed by atoms with Gasteiger partial charge in [0.15, 0.2) is 0 Å². The lowest BCUT2D eigenvalue weighted by Gasteiger charge is -2.50. The van der Waals surface area contributed by atoms with Crippen molar-refractivity contribution in [1.82, 2.24) is 0 Å². The largest absolute Gasteiger partial charge is 0.370 e. The van der Waals surface area contributed by atoms with E-state index in [-0.39, 0.29) is 18.1 Å². The molecule has 0 aromatic heterocycles. The van der Waals surface area contributed by atoms with Crippen LogP contribution in [0.2, 0.25) is 0 Å². The lowest BCUT2D eigenvalue weighted by molar-refractivity contribution is -0.369. The summed E-state index contributed by atoms with van der Waals surface area (Å²) in [5, 5.41) is 0. The quantitative estimate of drug-likeness (QED) is 0.235. The van der Waals surface area contributed by atoms with E-state index in [0.717, 1.165) is 28.7 Å². The second-order valence-corrected chi connectivity index (χ2v) is 11.3. The van der Waals surface area contributed by atoms with Crippen LogP contribution in [-0.4, -0.2) is 18.3 Å². The summed E-state index contributed by atoms with van der Waals surface area (Å²) in [7, 11) is 0. The number of hydrogen-bond donors (Lipinski definition) is 0. The summed E-state index contributed by atoms with van der Waals surface area (Å²) in [4.78, 5) is 0. The maximum Gasteiger partial charge on any atom is 0.225 e. The summed E-state index contributed by atoms with van der Waals surface area (Å²) in [5.41, 5.74) is 8.22. The number of rotatable bonds is 8. The number of hydrogen-bond acceptors (Lipinski definition) is 4. The van der Waals surface area contributed by atoms with Crippen molar-refractivity contribution < 1.29 is 18.9 Å². The van der Waals surface area contributed by atoms with Crippen LogP contribution in [0.4, 0.5) is 0 Å². The van der Waals surface area contributed by atoms with Crippen molar-refractivity contribution in [2.24, 2.45) is 5.92 Å². The SMILES string of the molecule is Cc1ccc(Cc2ccc3c(c2)[C@]2(OC3)O[C@H](C)[C@@H](C)[C@H](OCc3ccccc3)[C@H]2OCc2ccccc2)cc1. The van der Waals surface area contributed by atoms with E-state index < -0.39 is 11.9 Å². The van der Waals surface area contributed by atoms with E-state index in [0.29, 0.717) is 19.8 Å². The molecule has 2 heterocycles. The van der Waals surface area contributed by atoms with Gasteiger partial charge < -0.3 is 18.9 Å². The molecule has 0 radical (unpaired) electrons. The average molecular weight is 535 g/mol. The Morgan fingerprint density at radius 2 is 1.35 bits per heavy atom. The van der Waals surface area contributed by atoms with Crippen molar-refractivity contribution >= 4 is 0 Å². The molecule has 40 heavy (non-hydrogen) atoms. The van der Waals surface area contributed by atoms with Gasteiger partial charge in [0, 0.05) is 11.5 Å².